The first-order valence-electron chi connectivity index (χ1n) is 5.05. The van der Waals surface area contributed by atoms with Gasteiger partial charge in [0.15, 0.2) is 0 Å². The lowest BCUT2D eigenvalue weighted by Gasteiger charge is -2.10. The van der Waals surface area contributed by atoms with Crippen molar-refractivity contribution in [1.82, 2.24) is 4.98 Å². The second-order valence-corrected chi connectivity index (χ2v) is 6.05. The van der Waals surface area contributed by atoms with Crippen molar-refractivity contribution < 1.29 is 17.9 Å². The molecule has 1 aromatic heterocycles. The van der Waals surface area contributed by atoms with E-state index in [0.717, 1.165) is 0 Å². The monoisotopic (exact) mass is 279 g/mol. The molecule has 0 saturated carbocycles. The maximum atomic E-state index is 11.2. The third-order valence-electron chi connectivity index (χ3n) is 1.77. The average molecular weight is 280 g/mol. The van der Waals surface area contributed by atoms with Gasteiger partial charge in [-0.3, -0.25) is 0 Å². The van der Waals surface area contributed by atoms with Gasteiger partial charge in [-0.15, -0.1) is 0 Å². The minimum Gasteiger partial charge on any atom is -0.474 e. The summed E-state index contributed by atoms with van der Waals surface area (Å²) in [7, 11) is 1.40. The van der Waals surface area contributed by atoms with Gasteiger partial charge in [0.1, 0.15) is 11.5 Å². The fourth-order valence-electron chi connectivity index (χ4n) is 1.09. The lowest BCUT2D eigenvalue weighted by molar-refractivity contribution is 0.0535. The summed E-state index contributed by atoms with van der Waals surface area (Å²) < 4.78 is 32.9. The van der Waals surface area contributed by atoms with Crippen LogP contribution in [0.25, 0.3) is 0 Å². The van der Waals surface area contributed by atoms with Gasteiger partial charge in [-0.1, -0.05) is 0 Å². The molecular formula is C10H14ClNO4S. The molecule has 0 aromatic carbocycles. The number of rotatable bonds is 6. The van der Waals surface area contributed by atoms with Gasteiger partial charge in [0.2, 0.25) is 5.88 Å². The zero-order valence-electron chi connectivity index (χ0n) is 9.59. The van der Waals surface area contributed by atoms with Crippen molar-refractivity contribution in [3.05, 3.63) is 18.3 Å². The Morgan fingerprint density at radius 1 is 1.41 bits per heavy atom. The number of ether oxygens (including phenoxy) is 2. The normalized spacial score (nSPS) is 11.8. The Bertz CT molecular complexity index is 461. The van der Waals surface area contributed by atoms with Gasteiger partial charge >= 0.3 is 0 Å². The van der Waals surface area contributed by atoms with Crippen LogP contribution in [0.4, 0.5) is 0 Å². The quantitative estimate of drug-likeness (QED) is 0.587. The molecule has 0 spiro atoms. The molecule has 0 amide bonds. The molecular weight excluding hydrogens is 266 g/mol. The molecule has 0 fully saturated rings. The number of hydrogen-bond acceptors (Lipinski definition) is 5. The van der Waals surface area contributed by atoms with E-state index in [9.17, 15) is 8.42 Å². The molecule has 5 nitrogen and oxygen atoms in total. The Balaban J connectivity index is 2.65. The second-order valence-electron chi connectivity index (χ2n) is 3.51. The molecule has 1 rings (SSSR count). The van der Waals surface area contributed by atoms with Crippen LogP contribution in [0.1, 0.15) is 13.8 Å². The van der Waals surface area contributed by atoms with Crippen molar-refractivity contribution in [3.63, 3.8) is 0 Å². The zero-order valence-corrected chi connectivity index (χ0v) is 11.2. The van der Waals surface area contributed by atoms with Crippen molar-refractivity contribution in [1.29, 1.82) is 0 Å². The van der Waals surface area contributed by atoms with Gasteiger partial charge in [-0.2, -0.15) is 0 Å². The molecule has 1 heterocycles. The van der Waals surface area contributed by atoms with Crippen LogP contribution in [0.2, 0.25) is 0 Å². The molecule has 0 saturated heterocycles. The van der Waals surface area contributed by atoms with Crippen LogP contribution in [0.5, 0.6) is 5.88 Å². The van der Waals surface area contributed by atoms with Gasteiger partial charge in [0.25, 0.3) is 9.05 Å². The average Bonchev–Trinajstić information content (AvgIpc) is 2.23. The van der Waals surface area contributed by atoms with E-state index in [4.69, 9.17) is 20.2 Å². The van der Waals surface area contributed by atoms with Crippen LogP contribution >= 0.6 is 10.7 Å². The van der Waals surface area contributed by atoms with E-state index in [1.54, 1.807) is 0 Å². The molecule has 0 unspecified atom stereocenters. The SMILES string of the molecule is CC(C)OCCOc1ncccc1S(=O)(=O)Cl. The third kappa shape index (κ3) is 4.89. The molecule has 17 heavy (non-hydrogen) atoms. The largest absolute Gasteiger partial charge is 0.474 e. The second kappa shape index (κ2) is 6.18. The van der Waals surface area contributed by atoms with E-state index in [1.807, 2.05) is 13.8 Å². The van der Waals surface area contributed by atoms with E-state index in [-0.39, 0.29) is 23.5 Å². The topological polar surface area (TPSA) is 65.5 Å². The van der Waals surface area contributed by atoms with Gasteiger partial charge in [0.05, 0.1) is 12.7 Å². The van der Waals surface area contributed by atoms with Gasteiger partial charge < -0.3 is 9.47 Å². The third-order valence-corrected chi connectivity index (χ3v) is 3.11. The van der Waals surface area contributed by atoms with Crippen LogP contribution < -0.4 is 4.74 Å². The Kier molecular flexibility index (Phi) is 5.17. The molecule has 0 N–H and O–H groups in total. The van der Waals surface area contributed by atoms with E-state index < -0.39 is 9.05 Å². The van der Waals surface area contributed by atoms with Crippen LogP contribution in [0.15, 0.2) is 23.2 Å². The number of hydrogen-bond donors (Lipinski definition) is 0. The van der Waals surface area contributed by atoms with Gasteiger partial charge in [0, 0.05) is 16.9 Å². The zero-order chi connectivity index (χ0) is 12.9. The number of halogens is 1. The summed E-state index contributed by atoms with van der Waals surface area (Å²) in [4.78, 5) is 3.69. The Hall–Kier alpha value is -0.850. The van der Waals surface area contributed by atoms with E-state index in [2.05, 4.69) is 4.98 Å². The first kappa shape index (κ1) is 14.2. The van der Waals surface area contributed by atoms with E-state index in [1.165, 1.54) is 18.3 Å². The highest BCUT2D eigenvalue weighted by atomic mass is 35.7. The Morgan fingerprint density at radius 2 is 2.12 bits per heavy atom. The maximum Gasteiger partial charge on any atom is 0.266 e. The van der Waals surface area contributed by atoms with Gasteiger partial charge in [-0.05, 0) is 26.0 Å². The van der Waals surface area contributed by atoms with Crippen LogP contribution in [-0.2, 0) is 13.8 Å². The molecule has 0 aliphatic carbocycles. The predicted molar refractivity (Wildman–Crippen MR) is 63.9 cm³/mol. The summed E-state index contributed by atoms with van der Waals surface area (Å²) in [6, 6.07) is 2.82. The number of aromatic nitrogens is 1. The fraction of sp³-hybridized carbons (Fsp3) is 0.500. The summed E-state index contributed by atoms with van der Waals surface area (Å²) in [6.07, 6.45) is 1.53. The molecule has 0 bridgehead atoms. The maximum absolute atomic E-state index is 11.2. The van der Waals surface area contributed by atoms with Crippen LogP contribution in [0.3, 0.4) is 0 Å². The molecule has 0 aliphatic heterocycles. The molecule has 0 atom stereocenters. The predicted octanol–water partition coefficient (Wildman–Crippen LogP) is 1.81. The van der Waals surface area contributed by atoms with Crippen molar-refractivity contribution >= 4 is 19.7 Å². The minimum absolute atomic E-state index is 0.00476. The smallest absolute Gasteiger partial charge is 0.266 e. The number of pyridine rings is 1. The van der Waals surface area contributed by atoms with Crippen LogP contribution in [-0.4, -0.2) is 32.7 Å². The minimum atomic E-state index is -3.84. The van der Waals surface area contributed by atoms with Crippen molar-refractivity contribution in [2.24, 2.45) is 0 Å². The highest BCUT2D eigenvalue weighted by Gasteiger charge is 2.17. The summed E-state index contributed by atoms with van der Waals surface area (Å²) >= 11 is 0. The standard InChI is InChI=1S/C10H14ClNO4S/c1-8(2)15-6-7-16-10-9(17(11,13)14)4-3-5-12-10/h3-5,8H,6-7H2,1-2H3. The van der Waals surface area contributed by atoms with E-state index in [0.29, 0.717) is 6.61 Å². The molecule has 0 aliphatic rings. The van der Waals surface area contributed by atoms with Crippen molar-refractivity contribution in [2.75, 3.05) is 13.2 Å². The summed E-state index contributed by atoms with van der Waals surface area (Å²) in [6.45, 7) is 4.37. The highest BCUT2D eigenvalue weighted by Crippen LogP contribution is 2.23. The summed E-state index contributed by atoms with van der Waals surface area (Å²) in [5.74, 6) is -0.00476. The number of nitrogens with zero attached hydrogens (tertiary/aromatic N) is 1. The van der Waals surface area contributed by atoms with Crippen molar-refractivity contribution in [3.8, 4) is 5.88 Å². The fourth-order valence-corrected chi connectivity index (χ4v) is 2.01. The molecule has 0 radical (unpaired) electrons. The van der Waals surface area contributed by atoms with Gasteiger partial charge in [-0.25, -0.2) is 13.4 Å². The van der Waals surface area contributed by atoms with E-state index >= 15 is 0 Å². The molecule has 96 valence electrons. The first-order valence-corrected chi connectivity index (χ1v) is 7.36. The molecule has 7 heteroatoms. The Morgan fingerprint density at radius 3 is 2.71 bits per heavy atom. The summed E-state index contributed by atoms with van der Waals surface area (Å²) in [5.41, 5.74) is 0. The lowest BCUT2D eigenvalue weighted by Crippen LogP contribution is -2.12. The van der Waals surface area contributed by atoms with Crippen LogP contribution in [0, 0.1) is 0 Å². The first-order chi connectivity index (χ1) is 7.91. The highest BCUT2D eigenvalue weighted by molar-refractivity contribution is 8.13. The Labute approximate surface area is 105 Å². The molecule has 1 aromatic rings. The summed E-state index contributed by atoms with van der Waals surface area (Å²) in [5, 5.41) is 0. The van der Waals surface area contributed by atoms with Crippen molar-refractivity contribution in [2.45, 2.75) is 24.8 Å². The lowest BCUT2D eigenvalue weighted by atomic mass is 10.5.